The number of carboxylic acid groups (broad SMARTS) is 1. The summed E-state index contributed by atoms with van der Waals surface area (Å²) in [6.07, 6.45) is 0.775. The van der Waals surface area contributed by atoms with Gasteiger partial charge >= 0.3 is 5.97 Å². The predicted molar refractivity (Wildman–Crippen MR) is 73.4 cm³/mol. The zero-order valence-corrected chi connectivity index (χ0v) is 11.7. The lowest BCUT2D eigenvalue weighted by Gasteiger charge is -2.18. The van der Waals surface area contributed by atoms with Gasteiger partial charge < -0.3 is 15.2 Å². The monoisotopic (exact) mass is 295 g/mol. The maximum atomic E-state index is 13.4. The molecule has 5 nitrogen and oxygen atoms in total. The first kappa shape index (κ1) is 15.3. The van der Waals surface area contributed by atoms with E-state index >= 15 is 0 Å². The summed E-state index contributed by atoms with van der Waals surface area (Å²) in [5.41, 5.74) is 0. The summed E-state index contributed by atoms with van der Waals surface area (Å²) < 4.78 is 18.7. The van der Waals surface area contributed by atoms with Crippen LogP contribution in [0.15, 0.2) is 24.3 Å². The Morgan fingerprint density at radius 2 is 2.10 bits per heavy atom. The van der Waals surface area contributed by atoms with Gasteiger partial charge in [0.15, 0.2) is 17.7 Å². The van der Waals surface area contributed by atoms with Crippen LogP contribution in [-0.4, -0.2) is 29.1 Å². The fourth-order valence-corrected chi connectivity index (χ4v) is 2.44. The molecule has 2 N–H and O–H groups in total. The van der Waals surface area contributed by atoms with E-state index in [1.54, 1.807) is 6.07 Å². The number of amides is 1. The highest BCUT2D eigenvalue weighted by Crippen LogP contribution is 2.26. The van der Waals surface area contributed by atoms with Gasteiger partial charge in [0.2, 0.25) is 0 Å². The maximum Gasteiger partial charge on any atom is 0.306 e. The zero-order chi connectivity index (χ0) is 15.4. The molecule has 1 aromatic rings. The average Bonchev–Trinajstić information content (AvgIpc) is 2.90. The Balaban J connectivity index is 1.86. The van der Waals surface area contributed by atoms with Crippen molar-refractivity contribution in [3.8, 4) is 5.75 Å². The minimum atomic E-state index is -0.842. The lowest BCUT2D eigenvalue weighted by molar-refractivity contribution is -0.141. The number of halogens is 1. The molecule has 6 heteroatoms. The molecular formula is C15H18FNO4. The van der Waals surface area contributed by atoms with Crippen LogP contribution in [0.1, 0.15) is 26.2 Å². The summed E-state index contributed by atoms with van der Waals surface area (Å²) in [5.74, 6) is -2.10. The molecule has 3 atom stereocenters. The molecule has 0 bridgehead atoms. The van der Waals surface area contributed by atoms with E-state index in [-0.39, 0.29) is 17.7 Å². The quantitative estimate of drug-likeness (QED) is 0.870. The summed E-state index contributed by atoms with van der Waals surface area (Å²) in [5, 5.41) is 11.7. The van der Waals surface area contributed by atoms with Crippen LogP contribution in [0, 0.1) is 11.7 Å². The Morgan fingerprint density at radius 1 is 1.38 bits per heavy atom. The van der Waals surface area contributed by atoms with E-state index in [2.05, 4.69) is 5.32 Å². The van der Waals surface area contributed by atoms with Crippen molar-refractivity contribution in [3.63, 3.8) is 0 Å². The lowest BCUT2D eigenvalue weighted by atomic mass is 10.1. The van der Waals surface area contributed by atoms with Gasteiger partial charge in [-0.15, -0.1) is 0 Å². The largest absolute Gasteiger partial charge is 0.481 e. The molecule has 0 aromatic heterocycles. The van der Waals surface area contributed by atoms with E-state index in [9.17, 15) is 14.0 Å². The molecule has 0 radical (unpaired) electrons. The van der Waals surface area contributed by atoms with Gasteiger partial charge in [-0.2, -0.15) is 0 Å². The number of hydrogen-bond donors (Lipinski definition) is 2. The smallest absolute Gasteiger partial charge is 0.306 e. The van der Waals surface area contributed by atoms with E-state index in [1.165, 1.54) is 25.1 Å². The highest BCUT2D eigenvalue weighted by molar-refractivity contribution is 5.81. The van der Waals surface area contributed by atoms with Gasteiger partial charge in [-0.25, -0.2) is 4.39 Å². The molecule has 1 aliphatic rings. The van der Waals surface area contributed by atoms with E-state index < -0.39 is 23.8 Å². The van der Waals surface area contributed by atoms with Crippen molar-refractivity contribution in [2.75, 3.05) is 0 Å². The second-order valence-corrected chi connectivity index (χ2v) is 5.24. The average molecular weight is 295 g/mol. The highest BCUT2D eigenvalue weighted by atomic mass is 19.1. The summed E-state index contributed by atoms with van der Waals surface area (Å²) in [7, 11) is 0. The van der Waals surface area contributed by atoms with Crippen LogP contribution < -0.4 is 10.1 Å². The summed E-state index contributed by atoms with van der Waals surface area (Å²) in [4.78, 5) is 22.9. The number of para-hydroxylation sites is 1. The molecule has 0 heterocycles. The van der Waals surface area contributed by atoms with E-state index in [0.717, 1.165) is 0 Å². The van der Waals surface area contributed by atoms with Gasteiger partial charge in [-0.05, 0) is 38.3 Å². The van der Waals surface area contributed by atoms with Crippen molar-refractivity contribution >= 4 is 11.9 Å². The van der Waals surface area contributed by atoms with Gasteiger partial charge in [-0.3, -0.25) is 9.59 Å². The van der Waals surface area contributed by atoms with Gasteiger partial charge in [0.05, 0.1) is 5.92 Å². The Hall–Kier alpha value is -2.11. The molecule has 1 saturated carbocycles. The van der Waals surface area contributed by atoms with E-state index in [4.69, 9.17) is 9.84 Å². The Kier molecular flexibility index (Phi) is 4.77. The van der Waals surface area contributed by atoms with Crippen LogP contribution in [0.25, 0.3) is 0 Å². The second-order valence-electron chi connectivity index (χ2n) is 5.24. The first-order valence-electron chi connectivity index (χ1n) is 6.91. The van der Waals surface area contributed by atoms with Crippen molar-refractivity contribution < 1.29 is 23.8 Å². The minimum Gasteiger partial charge on any atom is -0.481 e. The number of nitrogens with one attached hydrogen (secondary N) is 1. The SMILES string of the molecule is CC(Oc1ccccc1F)C(=O)NC1CCC(C(=O)O)C1. The molecule has 1 aromatic carbocycles. The third kappa shape index (κ3) is 3.93. The zero-order valence-electron chi connectivity index (χ0n) is 11.7. The van der Waals surface area contributed by atoms with Crippen molar-refractivity contribution in [1.82, 2.24) is 5.32 Å². The van der Waals surface area contributed by atoms with Crippen molar-refractivity contribution in [3.05, 3.63) is 30.1 Å². The number of carbonyl (C=O) groups excluding carboxylic acids is 1. The standard InChI is InChI=1S/C15H18FNO4/c1-9(21-13-5-3-2-4-12(13)16)14(18)17-11-7-6-10(8-11)15(19)20/h2-5,9-11H,6-8H2,1H3,(H,17,18)(H,19,20). The molecule has 1 aliphatic carbocycles. The third-order valence-corrected chi connectivity index (χ3v) is 3.64. The molecule has 0 saturated heterocycles. The summed E-state index contributed by atoms with van der Waals surface area (Å²) in [6, 6.07) is 5.71. The van der Waals surface area contributed by atoms with Crippen molar-refractivity contribution in [2.24, 2.45) is 5.92 Å². The Bertz CT molecular complexity index is 534. The van der Waals surface area contributed by atoms with E-state index in [0.29, 0.717) is 19.3 Å². The Morgan fingerprint density at radius 3 is 2.71 bits per heavy atom. The molecule has 2 rings (SSSR count). The second kappa shape index (κ2) is 6.56. The highest BCUT2D eigenvalue weighted by Gasteiger charge is 2.31. The summed E-state index contributed by atoms with van der Waals surface area (Å²) in [6.45, 7) is 1.53. The number of benzene rings is 1. The molecule has 3 unspecified atom stereocenters. The number of aliphatic carboxylic acids is 1. The first-order chi connectivity index (χ1) is 9.97. The van der Waals surface area contributed by atoms with Gasteiger partial charge in [0.1, 0.15) is 0 Å². The fraction of sp³-hybridized carbons (Fsp3) is 0.467. The fourth-order valence-electron chi connectivity index (χ4n) is 2.44. The van der Waals surface area contributed by atoms with Crippen LogP contribution in [0.2, 0.25) is 0 Å². The number of carbonyl (C=O) groups is 2. The number of carboxylic acids is 1. The molecule has 1 fully saturated rings. The van der Waals surface area contributed by atoms with Gasteiger partial charge in [0.25, 0.3) is 5.91 Å². The molecule has 114 valence electrons. The minimum absolute atomic E-state index is 0.0231. The van der Waals surface area contributed by atoms with Crippen molar-refractivity contribution in [1.29, 1.82) is 0 Å². The van der Waals surface area contributed by atoms with Crippen LogP contribution in [-0.2, 0) is 9.59 Å². The van der Waals surface area contributed by atoms with Crippen LogP contribution >= 0.6 is 0 Å². The van der Waals surface area contributed by atoms with Crippen LogP contribution in [0.4, 0.5) is 4.39 Å². The third-order valence-electron chi connectivity index (χ3n) is 3.64. The maximum absolute atomic E-state index is 13.4. The van der Waals surface area contributed by atoms with Gasteiger partial charge in [0, 0.05) is 6.04 Å². The number of rotatable bonds is 5. The number of ether oxygens (including phenoxy) is 1. The molecule has 21 heavy (non-hydrogen) atoms. The molecular weight excluding hydrogens is 277 g/mol. The normalized spacial score (nSPS) is 22.6. The molecule has 0 aliphatic heterocycles. The number of hydrogen-bond acceptors (Lipinski definition) is 3. The lowest BCUT2D eigenvalue weighted by Crippen LogP contribution is -2.41. The predicted octanol–water partition coefficient (Wildman–Crippen LogP) is 1.96. The molecule has 1 amide bonds. The van der Waals surface area contributed by atoms with Crippen LogP contribution in [0.3, 0.4) is 0 Å². The van der Waals surface area contributed by atoms with Crippen molar-refractivity contribution in [2.45, 2.75) is 38.3 Å². The summed E-state index contributed by atoms with van der Waals surface area (Å²) >= 11 is 0. The van der Waals surface area contributed by atoms with Crippen LogP contribution in [0.5, 0.6) is 5.75 Å². The topological polar surface area (TPSA) is 75.6 Å². The van der Waals surface area contributed by atoms with E-state index in [1.807, 2.05) is 0 Å². The Labute approximate surface area is 122 Å². The van der Waals surface area contributed by atoms with Gasteiger partial charge in [-0.1, -0.05) is 12.1 Å². The molecule has 0 spiro atoms. The first-order valence-corrected chi connectivity index (χ1v) is 6.91.